The summed E-state index contributed by atoms with van der Waals surface area (Å²) in [6.45, 7) is 1.32. The Labute approximate surface area is 165 Å². The summed E-state index contributed by atoms with van der Waals surface area (Å²) in [7, 11) is 0. The predicted molar refractivity (Wildman–Crippen MR) is 103 cm³/mol. The molecule has 4 rings (SSSR count). The molecule has 1 aliphatic carbocycles. The van der Waals surface area contributed by atoms with Gasteiger partial charge in [-0.05, 0) is 56.2 Å². The molecule has 0 spiro atoms. The molecule has 2 aromatic rings. The summed E-state index contributed by atoms with van der Waals surface area (Å²) in [6, 6.07) is 2.56. The molecule has 0 radical (unpaired) electrons. The molecule has 8 heteroatoms. The number of hydrogen-bond acceptors (Lipinski definition) is 4. The minimum absolute atomic E-state index is 0.00510. The summed E-state index contributed by atoms with van der Waals surface area (Å²) in [5.74, 6) is 0.551. The smallest absolute Gasteiger partial charge is 0.356 e. The molecule has 4 nitrogen and oxygen atoms in total. The number of nitrogens with one attached hydrogen (secondary N) is 1. The summed E-state index contributed by atoms with van der Waals surface area (Å²) in [4.78, 5) is 20.0. The van der Waals surface area contributed by atoms with Gasteiger partial charge in [-0.2, -0.15) is 13.2 Å². The summed E-state index contributed by atoms with van der Waals surface area (Å²) in [6.07, 6.45) is 2.41. The molecule has 2 aromatic heterocycles. The van der Waals surface area contributed by atoms with Crippen molar-refractivity contribution in [3.05, 3.63) is 45.3 Å². The lowest BCUT2D eigenvalue weighted by Gasteiger charge is -2.33. The number of carbonyl (C=O) groups excluding carboxylic acids is 1. The highest BCUT2D eigenvalue weighted by atomic mass is 32.1. The van der Waals surface area contributed by atoms with Crippen molar-refractivity contribution in [2.75, 3.05) is 18.0 Å². The van der Waals surface area contributed by atoms with E-state index in [1.165, 1.54) is 22.9 Å². The van der Waals surface area contributed by atoms with Gasteiger partial charge in [0, 0.05) is 35.6 Å². The van der Waals surface area contributed by atoms with Crippen LogP contribution in [0.25, 0.3) is 0 Å². The largest absolute Gasteiger partial charge is 0.417 e. The number of aryl methyl sites for hydroxylation is 1. The molecule has 0 aromatic carbocycles. The molecule has 2 aliphatic rings. The Hall–Kier alpha value is -2.09. The molecule has 1 aliphatic heterocycles. The van der Waals surface area contributed by atoms with Crippen molar-refractivity contribution in [3.8, 4) is 0 Å². The van der Waals surface area contributed by atoms with Crippen LogP contribution in [0.15, 0.2) is 23.7 Å². The highest BCUT2D eigenvalue weighted by molar-refractivity contribution is 7.10. The second kappa shape index (κ2) is 7.73. The summed E-state index contributed by atoms with van der Waals surface area (Å²) >= 11 is 1.69. The van der Waals surface area contributed by atoms with Gasteiger partial charge in [-0.3, -0.25) is 4.79 Å². The van der Waals surface area contributed by atoms with E-state index in [4.69, 9.17) is 0 Å². The standard InChI is InChI=1S/C20H22F3N3OS/c21-20(22,23)13-5-6-18(24-11-13)26-9-7-14(8-10-26)25-19(27)16-12-28-17-4-2-1-3-15(16)17/h5-6,11-12,14H,1-4,7-10H2,(H,25,27). The molecule has 1 N–H and O–H groups in total. The number of thiophene rings is 1. The van der Waals surface area contributed by atoms with Crippen molar-refractivity contribution in [1.29, 1.82) is 0 Å². The summed E-state index contributed by atoms with van der Waals surface area (Å²) in [5.41, 5.74) is 1.31. The quantitative estimate of drug-likeness (QED) is 0.815. The molecule has 1 saturated heterocycles. The van der Waals surface area contributed by atoms with Crippen molar-refractivity contribution < 1.29 is 18.0 Å². The highest BCUT2D eigenvalue weighted by Crippen LogP contribution is 2.31. The van der Waals surface area contributed by atoms with Crippen LogP contribution in [-0.4, -0.2) is 30.0 Å². The lowest BCUT2D eigenvalue weighted by molar-refractivity contribution is -0.137. The Kier molecular flexibility index (Phi) is 5.31. The Bertz CT molecular complexity index is 839. The molecule has 1 amide bonds. The number of fused-ring (bicyclic) bond motifs is 1. The molecule has 0 saturated carbocycles. The maximum Gasteiger partial charge on any atom is 0.417 e. The first kappa shape index (κ1) is 19.2. The summed E-state index contributed by atoms with van der Waals surface area (Å²) in [5, 5.41) is 5.12. The van der Waals surface area contributed by atoms with Crippen LogP contribution in [0.5, 0.6) is 0 Å². The first-order chi connectivity index (χ1) is 13.4. The van der Waals surface area contributed by atoms with Crippen LogP contribution >= 0.6 is 11.3 Å². The zero-order valence-electron chi connectivity index (χ0n) is 15.4. The first-order valence-electron chi connectivity index (χ1n) is 9.60. The lowest BCUT2D eigenvalue weighted by Crippen LogP contribution is -2.45. The number of piperidine rings is 1. The van der Waals surface area contributed by atoms with Crippen LogP contribution in [0.4, 0.5) is 19.0 Å². The van der Waals surface area contributed by atoms with E-state index >= 15 is 0 Å². The Balaban J connectivity index is 1.33. The van der Waals surface area contributed by atoms with Gasteiger partial charge in [0.1, 0.15) is 5.82 Å². The van der Waals surface area contributed by atoms with Crippen LogP contribution in [0.2, 0.25) is 0 Å². The van der Waals surface area contributed by atoms with Gasteiger partial charge >= 0.3 is 6.18 Å². The van der Waals surface area contributed by atoms with Crippen molar-refractivity contribution in [2.24, 2.45) is 0 Å². The van der Waals surface area contributed by atoms with E-state index in [0.717, 1.165) is 49.9 Å². The van der Waals surface area contributed by atoms with Crippen molar-refractivity contribution in [1.82, 2.24) is 10.3 Å². The number of hydrogen-bond donors (Lipinski definition) is 1. The average Bonchev–Trinajstić information content (AvgIpc) is 3.12. The van der Waals surface area contributed by atoms with Gasteiger partial charge in [0.05, 0.1) is 11.1 Å². The third-order valence-corrected chi connectivity index (χ3v) is 6.62. The van der Waals surface area contributed by atoms with Gasteiger partial charge in [-0.1, -0.05) is 0 Å². The van der Waals surface area contributed by atoms with E-state index in [1.807, 2.05) is 10.3 Å². The van der Waals surface area contributed by atoms with Crippen LogP contribution in [0.3, 0.4) is 0 Å². The maximum absolute atomic E-state index is 12.7. The fourth-order valence-electron chi connectivity index (χ4n) is 3.94. The topological polar surface area (TPSA) is 45.2 Å². The lowest BCUT2D eigenvalue weighted by atomic mass is 9.95. The number of pyridine rings is 1. The Morgan fingerprint density at radius 1 is 1.18 bits per heavy atom. The van der Waals surface area contributed by atoms with E-state index in [0.29, 0.717) is 18.9 Å². The fraction of sp³-hybridized carbons (Fsp3) is 0.500. The third kappa shape index (κ3) is 4.01. The van der Waals surface area contributed by atoms with Crippen LogP contribution in [-0.2, 0) is 19.0 Å². The molecule has 28 heavy (non-hydrogen) atoms. The molecule has 0 unspecified atom stereocenters. The van der Waals surface area contributed by atoms with E-state index in [1.54, 1.807) is 11.3 Å². The zero-order chi connectivity index (χ0) is 19.7. The molecule has 1 fully saturated rings. The van der Waals surface area contributed by atoms with Gasteiger partial charge in [0.2, 0.25) is 0 Å². The monoisotopic (exact) mass is 409 g/mol. The molecule has 3 heterocycles. The van der Waals surface area contributed by atoms with Crippen LogP contribution in [0, 0.1) is 0 Å². The number of halogens is 3. The summed E-state index contributed by atoms with van der Waals surface area (Å²) < 4.78 is 38.0. The molecule has 0 atom stereocenters. The number of aromatic nitrogens is 1. The average molecular weight is 409 g/mol. The van der Waals surface area contributed by atoms with Crippen molar-refractivity contribution in [2.45, 2.75) is 50.7 Å². The minimum atomic E-state index is -4.37. The Morgan fingerprint density at radius 2 is 1.93 bits per heavy atom. The number of rotatable bonds is 3. The van der Waals surface area contributed by atoms with Gasteiger partial charge in [0.25, 0.3) is 5.91 Å². The molecule has 150 valence electrons. The van der Waals surface area contributed by atoms with Crippen LogP contribution in [0.1, 0.15) is 52.0 Å². The van der Waals surface area contributed by atoms with Gasteiger partial charge in [0.15, 0.2) is 0 Å². The molecular weight excluding hydrogens is 387 g/mol. The Morgan fingerprint density at radius 3 is 2.61 bits per heavy atom. The first-order valence-corrected chi connectivity index (χ1v) is 10.5. The molecular formula is C20H22F3N3OS. The second-order valence-corrected chi connectivity index (χ2v) is 8.36. The highest BCUT2D eigenvalue weighted by Gasteiger charge is 2.31. The maximum atomic E-state index is 12.7. The van der Waals surface area contributed by atoms with E-state index < -0.39 is 11.7 Å². The molecule has 0 bridgehead atoms. The SMILES string of the molecule is O=C(NC1CCN(c2ccc(C(F)(F)F)cn2)CC1)c1csc2c1CCCC2. The normalized spacial score (nSPS) is 18.0. The second-order valence-electron chi connectivity index (χ2n) is 7.40. The number of alkyl halides is 3. The van der Waals surface area contributed by atoms with Gasteiger partial charge in [-0.25, -0.2) is 4.98 Å². The minimum Gasteiger partial charge on any atom is -0.356 e. The fourth-order valence-corrected chi connectivity index (χ4v) is 5.07. The third-order valence-electron chi connectivity index (χ3n) is 5.54. The van der Waals surface area contributed by atoms with Crippen molar-refractivity contribution in [3.63, 3.8) is 0 Å². The number of carbonyl (C=O) groups is 1. The number of amides is 1. The van der Waals surface area contributed by atoms with Crippen molar-refractivity contribution >= 4 is 23.1 Å². The number of anilines is 1. The van der Waals surface area contributed by atoms with E-state index in [2.05, 4.69) is 10.3 Å². The van der Waals surface area contributed by atoms with Gasteiger partial charge in [-0.15, -0.1) is 11.3 Å². The van der Waals surface area contributed by atoms with E-state index in [-0.39, 0.29) is 11.9 Å². The van der Waals surface area contributed by atoms with Crippen LogP contribution < -0.4 is 10.2 Å². The predicted octanol–water partition coefficient (Wildman–Crippen LogP) is 4.44. The van der Waals surface area contributed by atoms with Gasteiger partial charge < -0.3 is 10.2 Å². The number of nitrogens with zero attached hydrogens (tertiary/aromatic N) is 2. The zero-order valence-corrected chi connectivity index (χ0v) is 16.2. The van der Waals surface area contributed by atoms with E-state index in [9.17, 15) is 18.0 Å².